The highest BCUT2D eigenvalue weighted by molar-refractivity contribution is 9.10. The van der Waals surface area contributed by atoms with Gasteiger partial charge in [-0.25, -0.2) is 4.39 Å². The summed E-state index contributed by atoms with van der Waals surface area (Å²) >= 11 is 6.72. The molecule has 0 radical (unpaired) electrons. The summed E-state index contributed by atoms with van der Waals surface area (Å²) in [5.74, 6) is -0.617. The van der Waals surface area contributed by atoms with Crippen LogP contribution < -0.4 is 5.32 Å². The molecule has 0 aliphatic heterocycles. The zero-order valence-corrected chi connectivity index (χ0v) is 13.6. The number of hydrogen-bond donors (Lipinski definition) is 1. The number of carbonyl (C=O) groups is 1. The standard InChI is InChI=1S/C15H12Br2FNO/c16-13-8-11(18)6-7-12(13)15(20)19-9-14(17)10-4-2-1-3-5-10/h1-8,14H,9H2,(H,19,20). The van der Waals surface area contributed by atoms with Gasteiger partial charge in [0, 0.05) is 11.0 Å². The van der Waals surface area contributed by atoms with Crippen LogP contribution in [-0.2, 0) is 0 Å². The number of carbonyl (C=O) groups excluding carboxylic acids is 1. The van der Waals surface area contributed by atoms with Crippen molar-refractivity contribution in [2.75, 3.05) is 6.54 Å². The van der Waals surface area contributed by atoms with E-state index in [2.05, 4.69) is 37.2 Å². The summed E-state index contributed by atoms with van der Waals surface area (Å²) in [6.07, 6.45) is 0. The molecule has 0 spiro atoms. The van der Waals surface area contributed by atoms with E-state index >= 15 is 0 Å². The SMILES string of the molecule is O=C(NCC(Br)c1ccccc1)c1ccc(F)cc1Br. The van der Waals surface area contributed by atoms with E-state index in [-0.39, 0.29) is 16.6 Å². The quantitative estimate of drug-likeness (QED) is 0.754. The molecule has 0 saturated carbocycles. The molecule has 1 amide bonds. The van der Waals surface area contributed by atoms with Gasteiger partial charge in [-0.05, 0) is 39.7 Å². The molecule has 0 heterocycles. The Bertz CT molecular complexity index is 604. The average Bonchev–Trinajstić information content (AvgIpc) is 2.45. The number of nitrogens with one attached hydrogen (secondary N) is 1. The largest absolute Gasteiger partial charge is 0.351 e. The lowest BCUT2D eigenvalue weighted by Gasteiger charge is -2.12. The first kappa shape index (κ1) is 15.2. The number of alkyl halides is 1. The molecule has 2 aromatic rings. The smallest absolute Gasteiger partial charge is 0.252 e. The van der Waals surface area contributed by atoms with E-state index in [4.69, 9.17) is 0 Å². The van der Waals surface area contributed by atoms with Crippen molar-refractivity contribution in [3.8, 4) is 0 Å². The molecule has 0 aromatic heterocycles. The lowest BCUT2D eigenvalue weighted by atomic mass is 10.1. The molecule has 0 saturated heterocycles. The van der Waals surface area contributed by atoms with Gasteiger partial charge in [0.05, 0.1) is 10.4 Å². The van der Waals surface area contributed by atoms with Crippen LogP contribution in [0.2, 0.25) is 0 Å². The fraction of sp³-hybridized carbons (Fsp3) is 0.133. The molecule has 0 aliphatic rings. The van der Waals surface area contributed by atoms with Crippen molar-refractivity contribution in [2.45, 2.75) is 4.83 Å². The summed E-state index contributed by atoms with van der Waals surface area (Å²) in [6, 6.07) is 13.8. The number of halogens is 3. The molecule has 2 nitrogen and oxygen atoms in total. The van der Waals surface area contributed by atoms with Crippen LogP contribution >= 0.6 is 31.9 Å². The molecular weight excluding hydrogens is 389 g/mol. The molecule has 2 aromatic carbocycles. The summed E-state index contributed by atoms with van der Waals surface area (Å²) in [7, 11) is 0. The van der Waals surface area contributed by atoms with Crippen LogP contribution in [0.15, 0.2) is 53.0 Å². The van der Waals surface area contributed by atoms with E-state index in [1.54, 1.807) is 0 Å². The topological polar surface area (TPSA) is 29.1 Å². The van der Waals surface area contributed by atoms with Gasteiger partial charge in [0.1, 0.15) is 5.82 Å². The second-order valence-corrected chi connectivity index (χ2v) is 6.17. The van der Waals surface area contributed by atoms with Gasteiger partial charge < -0.3 is 5.32 Å². The Kier molecular flexibility index (Phi) is 5.31. The van der Waals surface area contributed by atoms with E-state index in [1.807, 2.05) is 30.3 Å². The van der Waals surface area contributed by atoms with Gasteiger partial charge in [0.15, 0.2) is 0 Å². The molecule has 20 heavy (non-hydrogen) atoms. The monoisotopic (exact) mass is 399 g/mol. The predicted octanol–water partition coefficient (Wildman–Crippen LogP) is 4.45. The zero-order valence-electron chi connectivity index (χ0n) is 10.4. The van der Waals surface area contributed by atoms with Gasteiger partial charge in [-0.1, -0.05) is 46.3 Å². The third-order valence-corrected chi connectivity index (χ3v) is 4.29. The van der Waals surface area contributed by atoms with E-state index < -0.39 is 0 Å². The van der Waals surface area contributed by atoms with Crippen molar-refractivity contribution < 1.29 is 9.18 Å². The fourth-order valence-electron chi connectivity index (χ4n) is 1.73. The number of hydrogen-bond acceptors (Lipinski definition) is 1. The Morgan fingerprint density at radius 1 is 1.20 bits per heavy atom. The van der Waals surface area contributed by atoms with Gasteiger partial charge >= 0.3 is 0 Å². The maximum atomic E-state index is 13.0. The molecule has 1 atom stereocenters. The van der Waals surface area contributed by atoms with Crippen LogP contribution in [0.25, 0.3) is 0 Å². The highest BCUT2D eigenvalue weighted by atomic mass is 79.9. The molecule has 0 bridgehead atoms. The van der Waals surface area contributed by atoms with Crippen LogP contribution in [0.1, 0.15) is 20.7 Å². The van der Waals surface area contributed by atoms with Crippen LogP contribution in [-0.4, -0.2) is 12.5 Å². The van der Waals surface area contributed by atoms with Gasteiger partial charge in [-0.3, -0.25) is 4.79 Å². The molecule has 0 aliphatic carbocycles. The summed E-state index contributed by atoms with van der Waals surface area (Å²) in [5.41, 5.74) is 1.50. The Hall–Kier alpha value is -1.20. The summed E-state index contributed by atoms with van der Waals surface area (Å²) < 4.78 is 13.4. The molecular formula is C15H12Br2FNO. The first-order chi connectivity index (χ1) is 9.58. The third-order valence-electron chi connectivity index (χ3n) is 2.78. The average molecular weight is 401 g/mol. The second kappa shape index (κ2) is 6.99. The Labute approximate surface area is 133 Å². The summed E-state index contributed by atoms with van der Waals surface area (Å²) in [4.78, 5) is 12.1. The van der Waals surface area contributed by atoms with Crippen LogP contribution in [0, 0.1) is 5.82 Å². The minimum Gasteiger partial charge on any atom is -0.351 e. The third kappa shape index (κ3) is 3.90. The van der Waals surface area contributed by atoms with Gasteiger partial charge in [0.2, 0.25) is 0 Å². The highest BCUT2D eigenvalue weighted by Crippen LogP contribution is 2.22. The first-order valence-electron chi connectivity index (χ1n) is 6.00. The lowest BCUT2D eigenvalue weighted by molar-refractivity contribution is 0.0953. The van der Waals surface area contributed by atoms with Crippen molar-refractivity contribution in [3.63, 3.8) is 0 Å². The van der Waals surface area contributed by atoms with Crippen molar-refractivity contribution in [2.24, 2.45) is 0 Å². The van der Waals surface area contributed by atoms with Gasteiger partial charge in [-0.2, -0.15) is 0 Å². The molecule has 104 valence electrons. The Morgan fingerprint density at radius 3 is 2.55 bits per heavy atom. The fourth-order valence-corrected chi connectivity index (χ4v) is 2.73. The minimum absolute atomic E-state index is 0.0341. The van der Waals surface area contributed by atoms with Crippen molar-refractivity contribution in [1.29, 1.82) is 0 Å². The van der Waals surface area contributed by atoms with E-state index in [0.29, 0.717) is 16.6 Å². The Balaban J connectivity index is 1.99. The van der Waals surface area contributed by atoms with Gasteiger partial charge in [-0.15, -0.1) is 0 Å². The molecule has 5 heteroatoms. The molecule has 1 N–H and O–H groups in total. The zero-order chi connectivity index (χ0) is 14.5. The van der Waals surface area contributed by atoms with Crippen LogP contribution in [0.4, 0.5) is 4.39 Å². The number of benzene rings is 2. The number of rotatable bonds is 4. The molecule has 0 fully saturated rings. The van der Waals surface area contributed by atoms with E-state index in [0.717, 1.165) is 5.56 Å². The first-order valence-corrected chi connectivity index (χ1v) is 7.71. The minimum atomic E-state index is -0.379. The predicted molar refractivity (Wildman–Crippen MR) is 84.5 cm³/mol. The second-order valence-electron chi connectivity index (χ2n) is 4.21. The van der Waals surface area contributed by atoms with Crippen molar-refractivity contribution >= 4 is 37.8 Å². The normalized spacial score (nSPS) is 11.9. The highest BCUT2D eigenvalue weighted by Gasteiger charge is 2.13. The Morgan fingerprint density at radius 2 is 1.90 bits per heavy atom. The van der Waals surface area contributed by atoms with Crippen LogP contribution in [0.5, 0.6) is 0 Å². The lowest BCUT2D eigenvalue weighted by Crippen LogP contribution is -2.27. The molecule has 1 unspecified atom stereocenters. The van der Waals surface area contributed by atoms with E-state index in [1.165, 1.54) is 18.2 Å². The van der Waals surface area contributed by atoms with Crippen molar-refractivity contribution in [3.05, 3.63) is 69.9 Å². The van der Waals surface area contributed by atoms with E-state index in [9.17, 15) is 9.18 Å². The maximum absolute atomic E-state index is 13.0. The maximum Gasteiger partial charge on any atom is 0.252 e. The van der Waals surface area contributed by atoms with Crippen molar-refractivity contribution in [1.82, 2.24) is 5.32 Å². The summed E-state index contributed by atoms with van der Waals surface area (Å²) in [5, 5.41) is 2.82. The van der Waals surface area contributed by atoms with Gasteiger partial charge in [0.25, 0.3) is 5.91 Å². The summed E-state index contributed by atoms with van der Waals surface area (Å²) in [6.45, 7) is 0.451. The number of amides is 1. The molecule has 2 rings (SSSR count). The van der Waals surface area contributed by atoms with Crippen LogP contribution in [0.3, 0.4) is 0 Å².